The molecule has 3 rings (SSSR count). The number of nitrogens with zero attached hydrogens (tertiary/aromatic N) is 2. The average molecular weight is 429 g/mol. The van der Waals surface area contributed by atoms with Gasteiger partial charge < -0.3 is 5.32 Å². The number of hydrogen-bond donors (Lipinski definition) is 2. The first-order valence-electron chi connectivity index (χ1n) is 8.82. The Kier molecular flexibility index (Phi) is 6.84. The molecule has 0 bridgehead atoms. The van der Waals surface area contributed by atoms with Gasteiger partial charge in [-0.05, 0) is 49.4 Å². The standard InChI is InChI=1S/C20H20N4O3S2/c1-15-3-7-17(8-4-15)28-14-11-19(25)23-16-5-9-18(10-6-16)29(26,27)24-20-21-12-2-13-22-20/h2-10,12-13H,11,14H2,1H3,(H,23,25)(H,21,22,24). The van der Waals surface area contributed by atoms with Crippen molar-refractivity contribution in [2.75, 3.05) is 15.8 Å². The van der Waals surface area contributed by atoms with Crippen molar-refractivity contribution in [2.24, 2.45) is 0 Å². The Balaban J connectivity index is 1.51. The molecule has 1 amide bonds. The van der Waals surface area contributed by atoms with E-state index < -0.39 is 10.0 Å². The van der Waals surface area contributed by atoms with Crippen molar-refractivity contribution in [1.29, 1.82) is 0 Å². The van der Waals surface area contributed by atoms with Crippen LogP contribution in [0.1, 0.15) is 12.0 Å². The highest BCUT2D eigenvalue weighted by atomic mass is 32.2. The maximum absolute atomic E-state index is 12.4. The third-order valence-electron chi connectivity index (χ3n) is 3.86. The van der Waals surface area contributed by atoms with E-state index in [0.29, 0.717) is 17.9 Å². The molecule has 0 fully saturated rings. The van der Waals surface area contributed by atoms with E-state index in [9.17, 15) is 13.2 Å². The van der Waals surface area contributed by atoms with E-state index in [1.807, 2.05) is 31.2 Å². The molecule has 2 N–H and O–H groups in total. The Morgan fingerprint density at radius 1 is 1.00 bits per heavy atom. The van der Waals surface area contributed by atoms with Crippen LogP contribution in [0.25, 0.3) is 0 Å². The molecule has 29 heavy (non-hydrogen) atoms. The van der Waals surface area contributed by atoms with Crippen molar-refractivity contribution in [3.63, 3.8) is 0 Å². The van der Waals surface area contributed by atoms with Crippen LogP contribution >= 0.6 is 11.8 Å². The second kappa shape index (κ2) is 9.53. The zero-order valence-electron chi connectivity index (χ0n) is 15.7. The van der Waals surface area contributed by atoms with Gasteiger partial charge in [-0.15, -0.1) is 11.8 Å². The van der Waals surface area contributed by atoms with Crippen molar-refractivity contribution in [3.8, 4) is 0 Å². The van der Waals surface area contributed by atoms with Crippen LogP contribution in [-0.2, 0) is 14.8 Å². The van der Waals surface area contributed by atoms with Gasteiger partial charge in [-0.25, -0.2) is 23.1 Å². The highest BCUT2D eigenvalue weighted by Crippen LogP contribution is 2.20. The van der Waals surface area contributed by atoms with Crippen molar-refractivity contribution < 1.29 is 13.2 Å². The van der Waals surface area contributed by atoms with Gasteiger partial charge in [0.2, 0.25) is 11.9 Å². The summed E-state index contributed by atoms with van der Waals surface area (Å²) in [4.78, 5) is 21.0. The molecule has 0 saturated heterocycles. The summed E-state index contributed by atoms with van der Waals surface area (Å²) in [6.07, 6.45) is 3.24. The van der Waals surface area contributed by atoms with Crippen LogP contribution in [0.4, 0.5) is 11.6 Å². The van der Waals surface area contributed by atoms with Gasteiger partial charge in [0.1, 0.15) is 0 Å². The molecule has 3 aromatic rings. The number of hydrogen-bond acceptors (Lipinski definition) is 6. The maximum atomic E-state index is 12.4. The normalized spacial score (nSPS) is 11.1. The fraction of sp³-hybridized carbons (Fsp3) is 0.150. The minimum absolute atomic E-state index is 0.00374. The van der Waals surface area contributed by atoms with Gasteiger partial charge in [0.05, 0.1) is 4.90 Å². The monoisotopic (exact) mass is 428 g/mol. The molecule has 0 aliphatic rings. The molecule has 0 atom stereocenters. The third-order valence-corrected chi connectivity index (χ3v) is 6.22. The molecule has 0 radical (unpaired) electrons. The molecule has 0 aliphatic heterocycles. The lowest BCUT2D eigenvalue weighted by Gasteiger charge is -2.08. The predicted octanol–water partition coefficient (Wildman–Crippen LogP) is 3.71. The largest absolute Gasteiger partial charge is 0.326 e. The Bertz CT molecular complexity index is 1060. The van der Waals surface area contributed by atoms with Crippen LogP contribution < -0.4 is 10.0 Å². The molecule has 0 saturated carbocycles. The zero-order valence-corrected chi connectivity index (χ0v) is 17.3. The summed E-state index contributed by atoms with van der Waals surface area (Å²) >= 11 is 1.61. The smallest absolute Gasteiger partial charge is 0.264 e. The van der Waals surface area contributed by atoms with E-state index in [4.69, 9.17) is 0 Å². The Labute approximate surface area is 174 Å². The molecular formula is C20H20N4O3S2. The van der Waals surface area contributed by atoms with Crippen LogP contribution in [0.5, 0.6) is 0 Å². The first-order valence-corrected chi connectivity index (χ1v) is 11.3. The first-order chi connectivity index (χ1) is 13.9. The third kappa shape index (κ3) is 6.30. The van der Waals surface area contributed by atoms with Gasteiger partial charge in [0.15, 0.2) is 0 Å². The quantitative estimate of drug-likeness (QED) is 0.531. The number of rotatable bonds is 8. The van der Waals surface area contributed by atoms with Gasteiger partial charge in [0, 0.05) is 35.2 Å². The fourth-order valence-electron chi connectivity index (χ4n) is 2.37. The van der Waals surface area contributed by atoms with E-state index in [1.165, 1.54) is 30.1 Å². The lowest BCUT2D eigenvalue weighted by molar-refractivity contribution is -0.115. The van der Waals surface area contributed by atoms with Gasteiger partial charge in [-0.3, -0.25) is 4.79 Å². The van der Waals surface area contributed by atoms with Crippen molar-refractivity contribution in [3.05, 3.63) is 72.6 Å². The minimum Gasteiger partial charge on any atom is -0.326 e. The summed E-state index contributed by atoms with van der Waals surface area (Å²) in [6, 6.07) is 15.7. The topological polar surface area (TPSA) is 101 Å². The number of sulfonamides is 1. The molecule has 1 heterocycles. The van der Waals surface area contributed by atoms with E-state index in [2.05, 4.69) is 20.0 Å². The highest BCUT2D eigenvalue weighted by Gasteiger charge is 2.15. The lowest BCUT2D eigenvalue weighted by atomic mass is 10.2. The van der Waals surface area contributed by atoms with Crippen LogP contribution in [0, 0.1) is 6.92 Å². The molecule has 0 unspecified atom stereocenters. The van der Waals surface area contributed by atoms with Crippen LogP contribution in [-0.4, -0.2) is 30.0 Å². The van der Waals surface area contributed by atoms with Crippen molar-refractivity contribution >= 4 is 39.3 Å². The number of aromatic nitrogens is 2. The second-order valence-electron chi connectivity index (χ2n) is 6.16. The number of anilines is 2. The Morgan fingerprint density at radius 2 is 1.66 bits per heavy atom. The highest BCUT2D eigenvalue weighted by molar-refractivity contribution is 7.99. The molecule has 0 aliphatic carbocycles. The number of amides is 1. The summed E-state index contributed by atoms with van der Waals surface area (Å²) in [5.74, 6) is 0.523. The zero-order chi connectivity index (χ0) is 20.7. The number of carbonyl (C=O) groups is 1. The summed E-state index contributed by atoms with van der Waals surface area (Å²) in [7, 11) is -3.80. The van der Waals surface area contributed by atoms with E-state index in [0.717, 1.165) is 4.90 Å². The van der Waals surface area contributed by atoms with Crippen LogP contribution in [0.2, 0.25) is 0 Å². The SMILES string of the molecule is Cc1ccc(SCCC(=O)Nc2ccc(S(=O)(=O)Nc3ncccn3)cc2)cc1. The van der Waals surface area contributed by atoms with E-state index in [-0.39, 0.29) is 16.8 Å². The van der Waals surface area contributed by atoms with Crippen LogP contribution in [0.15, 0.2) is 76.8 Å². The number of nitrogens with one attached hydrogen (secondary N) is 2. The summed E-state index contributed by atoms with van der Waals surface area (Å²) in [5, 5.41) is 2.77. The summed E-state index contributed by atoms with van der Waals surface area (Å²) in [6.45, 7) is 2.03. The van der Waals surface area contributed by atoms with Crippen LogP contribution in [0.3, 0.4) is 0 Å². The van der Waals surface area contributed by atoms with Gasteiger partial charge in [0.25, 0.3) is 10.0 Å². The summed E-state index contributed by atoms with van der Waals surface area (Å²) in [5.41, 5.74) is 1.73. The molecule has 1 aromatic heterocycles. The van der Waals surface area contributed by atoms with E-state index >= 15 is 0 Å². The molecular weight excluding hydrogens is 408 g/mol. The van der Waals surface area contributed by atoms with Gasteiger partial charge in [-0.2, -0.15) is 0 Å². The average Bonchev–Trinajstić information content (AvgIpc) is 2.70. The maximum Gasteiger partial charge on any atom is 0.264 e. The molecule has 2 aromatic carbocycles. The second-order valence-corrected chi connectivity index (χ2v) is 9.01. The molecule has 7 nitrogen and oxygen atoms in total. The summed E-state index contributed by atoms with van der Waals surface area (Å²) < 4.78 is 27.0. The first kappa shape index (κ1) is 20.8. The Morgan fingerprint density at radius 3 is 2.31 bits per heavy atom. The van der Waals surface area contributed by atoms with Gasteiger partial charge >= 0.3 is 0 Å². The van der Waals surface area contributed by atoms with Crippen molar-refractivity contribution in [1.82, 2.24) is 9.97 Å². The number of benzene rings is 2. The van der Waals surface area contributed by atoms with Crippen molar-refractivity contribution in [2.45, 2.75) is 23.1 Å². The molecule has 9 heteroatoms. The van der Waals surface area contributed by atoms with E-state index in [1.54, 1.807) is 30.0 Å². The minimum atomic E-state index is -3.80. The fourth-order valence-corrected chi connectivity index (χ4v) is 4.18. The number of aryl methyl sites for hydroxylation is 1. The molecule has 150 valence electrons. The Hall–Kier alpha value is -2.91. The lowest BCUT2D eigenvalue weighted by Crippen LogP contribution is -2.15. The molecule has 0 spiro atoms. The number of thioether (sulfide) groups is 1. The predicted molar refractivity (Wildman–Crippen MR) is 114 cm³/mol. The number of carbonyl (C=O) groups excluding carboxylic acids is 1. The van der Waals surface area contributed by atoms with Gasteiger partial charge in [-0.1, -0.05) is 17.7 Å².